The van der Waals surface area contributed by atoms with Crippen LogP contribution < -0.4 is 0 Å². The average molecular weight is 362 g/mol. The molecule has 94 valence electrons. The number of hydrogen-bond donors (Lipinski definition) is 1. The van der Waals surface area contributed by atoms with E-state index in [4.69, 9.17) is 0 Å². The fraction of sp³-hybridized carbons (Fsp3) is 0.917. The van der Waals surface area contributed by atoms with Crippen LogP contribution in [0, 0.1) is 44.1 Å². The van der Waals surface area contributed by atoms with Gasteiger partial charge in [-0.15, -0.1) is 0 Å². The van der Waals surface area contributed by atoms with Crippen molar-refractivity contribution in [2.75, 3.05) is 0 Å². The monoisotopic (exact) mass is 363 g/mol. The molecule has 0 aliphatic heterocycles. The first-order valence-electron chi connectivity index (χ1n) is 5.61. The Morgan fingerprint density at radius 1 is 1.27 bits per heavy atom. The summed E-state index contributed by atoms with van der Waals surface area (Å²) in [5.41, 5.74) is 0.170. The van der Waals surface area contributed by atoms with Gasteiger partial charge >= 0.3 is 0 Å². The fourth-order valence-electron chi connectivity index (χ4n) is 1.77. The summed E-state index contributed by atoms with van der Waals surface area (Å²) in [7, 11) is 0. The molecule has 0 saturated carbocycles. The number of aliphatic hydroxyl groups is 1. The number of rotatable bonds is 5. The van der Waals surface area contributed by atoms with Gasteiger partial charge in [-0.25, -0.2) is 0 Å². The van der Waals surface area contributed by atoms with Crippen LogP contribution in [0.1, 0.15) is 54.4 Å². The van der Waals surface area contributed by atoms with Gasteiger partial charge in [-0.3, -0.25) is 4.99 Å². The minimum absolute atomic E-state index is 0. The summed E-state index contributed by atoms with van der Waals surface area (Å²) >= 11 is 0. The molecule has 0 heterocycles. The van der Waals surface area contributed by atoms with Gasteiger partial charge in [0.1, 0.15) is 5.60 Å². The molecule has 0 fully saturated rings. The Morgan fingerprint density at radius 3 is 2.00 bits per heavy atom. The normalized spacial score (nSPS) is 16.5. The van der Waals surface area contributed by atoms with Gasteiger partial charge in [0.25, 0.3) is 0 Å². The van der Waals surface area contributed by atoms with E-state index in [1.165, 1.54) is 0 Å². The van der Waals surface area contributed by atoms with Crippen LogP contribution >= 0.6 is 0 Å². The molecule has 0 saturated heterocycles. The molecule has 1 atom stereocenters. The standard InChI is InChI=1S/C12H25NO.Dy/c1-7-8-12(14,9(2)3)11(6)13-10(4)5;/h9-10,14H,7-8H2,1-6H3;. The molecule has 1 unspecified atom stereocenters. The molecule has 0 spiro atoms. The second kappa shape index (κ2) is 8.06. The molecule has 0 aromatic heterocycles. The first-order valence-corrected chi connectivity index (χ1v) is 5.61. The maximum atomic E-state index is 10.5. The van der Waals surface area contributed by atoms with E-state index in [0.717, 1.165) is 18.6 Å². The van der Waals surface area contributed by atoms with E-state index in [1.54, 1.807) is 0 Å². The minimum Gasteiger partial charge on any atom is -0.384 e. The molecular formula is C12H25DyNO. The zero-order valence-electron chi connectivity index (χ0n) is 10.8. The van der Waals surface area contributed by atoms with Gasteiger partial charge in [-0.05, 0) is 33.1 Å². The van der Waals surface area contributed by atoms with E-state index in [1.807, 2.05) is 20.8 Å². The van der Waals surface area contributed by atoms with Gasteiger partial charge in [0.05, 0.1) is 0 Å². The molecule has 0 aliphatic carbocycles. The number of nitrogens with zero attached hydrogens (tertiary/aromatic N) is 1. The quantitative estimate of drug-likeness (QED) is 0.750. The molecule has 0 rings (SSSR count). The Kier molecular flexibility index (Phi) is 9.82. The minimum atomic E-state index is -0.709. The molecule has 15 heavy (non-hydrogen) atoms. The van der Waals surface area contributed by atoms with Gasteiger partial charge in [0.15, 0.2) is 0 Å². The van der Waals surface area contributed by atoms with Crippen molar-refractivity contribution in [1.82, 2.24) is 0 Å². The molecule has 3 heteroatoms. The Morgan fingerprint density at radius 2 is 1.73 bits per heavy atom. The van der Waals surface area contributed by atoms with Gasteiger partial charge in [0, 0.05) is 49.9 Å². The predicted octanol–water partition coefficient (Wildman–Crippen LogP) is 3.04. The van der Waals surface area contributed by atoms with Crippen molar-refractivity contribution >= 4 is 5.71 Å². The van der Waals surface area contributed by atoms with Crippen molar-refractivity contribution in [3.05, 3.63) is 0 Å². The summed E-state index contributed by atoms with van der Waals surface area (Å²) in [4.78, 5) is 4.46. The third kappa shape index (κ3) is 5.68. The summed E-state index contributed by atoms with van der Waals surface area (Å²) < 4.78 is 0. The second-order valence-electron chi connectivity index (χ2n) is 4.64. The van der Waals surface area contributed by atoms with Crippen molar-refractivity contribution < 1.29 is 43.3 Å². The van der Waals surface area contributed by atoms with Crippen LogP contribution in [0.2, 0.25) is 0 Å². The Balaban J connectivity index is 0. The Bertz CT molecular complexity index is 202. The predicted molar refractivity (Wildman–Crippen MR) is 62.9 cm³/mol. The number of aliphatic imine (C=N–C) groups is 1. The summed E-state index contributed by atoms with van der Waals surface area (Å²) in [5, 5.41) is 10.5. The third-order valence-corrected chi connectivity index (χ3v) is 2.66. The van der Waals surface area contributed by atoms with Crippen LogP contribution in [0.15, 0.2) is 4.99 Å². The second-order valence-corrected chi connectivity index (χ2v) is 4.64. The zero-order valence-corrected chi connectivity index (χ0v) is 12.8. The van der Waals surface area contributed by atoms with Gasteiger partial charge < -0.3 is 5.11 Å². The van der Waals surface area contributed by atoms with Gasteiger partial charge in [0.2, 0.25) is 0 Å². The van der Waals surface area contributed by atoms with Crippen molar-refractivity contribution in [3.63, 3.8) is 0 Å². The van der Waals surface area contributed by atoms with E-state index in [0.29, 0.717) is 0 Å². The van der Waals surface area contributed by atoms with Crippen molar-refractivity contribution in [2.45, 2.75) is 66.0 Å². The number of hydrogen-bond acceptors (Lipinski definition) is 2. The molecular weight excluding hydrogens is 337 g/mol. The topological polar surface area (TPSA) is 32.6 Å². The summed E-state index contributed by atoms with van der Waals surface area (Å²) in [6.07, 6.45) is 1.78. The molecule has 0 aromatic carbocycles. The third-order valence-electron chi connectivity index (χ3n) is 2.66. The fourth-order valence-corrected chi connectivity index (χ4v) is 1.77. The zero-order chi connectivity index (χ0) is 11.4. The van der Waals surface area contributed by atoms with Crippen LogP contribution in [0.25, 0.3) is 0 Å². The van der Waals surface area contributed by atoms with E-state index < -0.39 is 5.60 Å². The smallest absolute Gasteiger partial charge is 0.104 e. The Labute approximate surface area is 125 Å². The van der Waals surface area contributed by atoms with E-state index in [-0.39, 0.29) is 50.1 Å². The van der Waals surface area contributed by atoms with Crippen LogP contribution in [0.4, 0.5) is 0 Å². The van der Waals surface area contributed by atoms with Crippen molar-refractivity contribution in [3.8, 4) is 0 Å². The maximum Gasteiger partial charge on any atom is 0.104 e. The molecule has 0 bridgehead atoms. The summed E-state index contributed by atoms with van der Waals surface area (Å²) in [6.45, 7) is 12.2. The van der Waals surface area contributed by atoms with E-state index in [9.17, 15) is 5.11 Å². The average Bonchev–Trinajstić information content (AvgIpc) is 2.02. The molecule has 0 radical (unpaired) electrons. The molecule has 1 N–H and O–H groups in total. The van der Waals surface area contributed by atoms with Crippen molar-refractivity contribution in [2.24, 2.45) is 10.9 Å². The molecule has 0 aromatic rings. The molecule has 2 nitrogen and oxygen atoms in total. The first-order chi connectivity index (χ1) is 6.34. The van der Waals surface area contributed by atoms with Crippen LogP contribution in [-0.2, 0) is 0 Å². The van der Waals surface area contributed by atoms with Crippen molar-refractivity contribution in [1.29, 1.82) is 0 Å². The molecule has 0 aliphatic rings. The SMILES string of the molecule is CCCC(O)(C(C)=NC(C)C)C(C)C.[Dy]. The van der Waals surface area contributed by atoms with Crippen LogP contribution in [0.5, 0.6) is 0 Å². The van der Waals surface area contributed by atoms with Crippen LogP contribution in [0.3, 0.4) is 0 Å². The Hall–Kier alpha value is 0.903. The summed E-state index contributed by atoms with van der Waals surface area (Å²) in [5.74, 6) is 0.227. The largest absolute Gasteiger partial charge is 0.384 e. The maximum absolute atomic E-state index is 10.5. The van der Waals surface area contributed by atoms with Gasteiger partial charge in [-0.2, -0.15) is 0 Å². The molecule has 0 amide bonds. The van der Waals surface area contributed by atoms with E-state index in [2.05, 4.69) is 25.8 Å². The van der Waals surface area contributed by atoms with Crippen LogP contribution in [-0.4, -0.2) is 22.5 Å². The first kappa shape index (κ1) is 18.3. The summed E-state index contributed by atoms with van der Waals surface area (Å²) in [6, 6.07) is 0.261. The van der Waals surface area contributed by atoms with Gasteiger partial charge in [-0.1, -0.05) is 27.2 Å². The van der Waals surface area contributed by atoms with E-state index >= 15 is 0 Å².